The van der Waals surface area contributed by atoms with Crippen LogP contribution in [0, 0.1) is 21.4 Å². The Hall–Kier alpha value is -4.30. The maximum Gasteiger partial charge on any atom is 0.292 e. The van der Waals surface area contributed by atoms with Crippen LogP contribution >= 0.6 is 35.0 Å². The van der Waals surface area contributed by atoms with E-state index < -0.39 is 22.7 Å². The van der Waals surface area contributed by atoms with Gasteiger partial charge in [0, 0.05) is 33.1 Å². The number of nitrogens with one attached hydrogen (secondary N) is 3. The molecule has 0 aromatic heterocycles. The van der Waals surface area contributed by atoms with Crippen LogP contribution in [0.5, 0.6) is 0 Å². The number of benzene rings is 3. The largest absolute Gasteiger partial charge is 0.353 e. The van der Waals surface area contributed by atoms with Crippen LogP contribution in [0.3, 0.4) is 0 Å². The van der Waals surface area contributed by atoms with Gasteiger partial charge < -0.3 is 16.0 Å². The van der Waals surface area contributed by atoms with Gasteiger partial charge in [-0.2, -0.15) is 5.26 Å². The number of hydrogen-bond acceptors (Lipinski definition) is 7. The molecule has 3 aromatic rings. The molecule has 9 nitrogen and oxygen atoms in total. The Morgan fingerprint density at radius 1 is 1.05 bits per heavy atom. The fourth-order valence-electron chi connectivity index (χ4n) is 4.14. The molecular formula is C28H21Cl2N5O4S. The van der Waals surface area contributed by atoms with Crippen molar-refractivity contribution < 1.29 is 14.5 Å². The number of carbonyl (C=O) groups excluding carboxylic acids is 2. The van der Waals surface area contributed by atoms with Crippen molar-refractivity contribution in [3.63, 3.8) is 0 Å². The molecule has 3 N–H and O–H groups in total. The van der Waals surface area contributed by atoms with E-state index in [1.165, 1.54) is 18.2 Å². The summed E-state index contributed by atoms with van der Waals surface area (Å²) >= 11 is 13.5. The van der Waals surface area contributed by atoms with E-state index in [-0.39, 0.29) is 28.3 Å². The number of thioether (sulfide) groups is 1. The SMILES string of the molecule is CC1=C(C(=O)Nc2ccc(Cl)cc2)[C@@H](c2ccccc2Cl)C(C#N)=C(SCC(=O)Nc2ccccc2[N+](=O)[O-])N1. The van der Waals surface area contributed by atoms with Gasteiger partial charge in [0.1, 0.15) is 5.69 Å². The minimum absolute atomic E-state index is 0.0652. The molecule has 0 saturated carbocycles. The van der Waals surface area contributed by atoms with E-state index in [1.807, 2.05) is 0 Å². The number of hydrogen-bond donors (Lipinski definition) is 3. The highest BCUT2D eigenvalue weighted by atomic mass is 35.5. The summed E-state index contributed by atoms with van der Waals surface area (Å²) in [5.74, 6) is -1.93. The number of nitro groups is 1. The molecule has 0 fully saturated rings. The van der Waals surface area contributed by atoms with Crippen molar-refractivity contribution in [1.29, 1.82) is 5.26 Å². The van der Waals surface area contributed by atoms with Crippen LogP contribution in [0.4, 0.5) is 17.1 Å². The summed E-state index contributed by atoms with van der Waals surface area (Å²) in [6, 6.07) is 21.5. The first-order chi connectivity index (χ1) is 19.2. The van der Waals surface area contributed by atoms with Crippen molar-refractivity contribution in [1.82, 2.24) is 5.32 Å². The van der Waals surface area contributed by atoms with Gasteiger partial charge >= 0.3 is 0 Å². The van der Waals surface area contributed by atoms with E-state index in [1.54, 1.807) is 61.5 Å². The molecule has 0 spiro atoms. The molecule has 0 radical (unpaired) electrons. The van der Waals surface area contributed by atoms with Crippen molar-refractivity contribution in [2.24, 2.45) is 0 Å². The van der Waals surface area contributed by atoms with E-state index in [0.717, 1.165) is 11.8 Å². The maximum absolute atomic E-state index is 13.5. The molecule has 4 rings (SSSR count). The van der Waals surface area contributed by atoms with Gasteiger partial charge in [0.15, 0.2) is 0 Å². The summed E-state index contributed by atoms with van der Waals surface area (Å²) in [5.41, 5.74) is 1.85. The molecule has 3 aromatic carbocycles. The molecule has 0 unspecified atom stereocenters. The van der Waals surface area contributed by atoms with Gasteiger partial charge in [0.05, 0.1) is 33.3 Å². The number of carbonyl (C=O) groups is 2. The molecule has 1 aliphatic rings. The number of amides is 2. The second-order valence-electron chi connectivity index (χ2n) is 8.54. The Morgan fingerprint density at radius 3 is 2.40 bits per heavy atom. The van der Waals surface area contributed by atoms with Gasteiger partial charge in [-0.05, 0) is 48.9 Å². The number of nitro benzene ring substituents is 1. The molecule has 1 aliphatic heterocycles. The van der Waals surface area contributed by atoms with Crippen LogP contribution in [0.1, 0.15) is 18.4 Å². The number of anilines is 2. The molecule has 40 heavy (non-hydrogen) atoms. The highest BCUT2D eigenvalue weighted by Gasteiger charge is 2.36. The first kappa shape index (κ1) is 28.7. The highest BCUT2D eigenvalue weighted by Crippen LogP contribution is 2.43. The molecule has 1 atom stereocenters. The van der Waals surface area contributed by atoms with Gasteiger partial charge in [-0.1, -0.05) is 65.3 Å². The Balaban J connectivity index is 1.64. The number of para-hydroxylation sites is 2. The minimum atomic E-state index is -0.826. The van der Waals surface area contributed by atoms with E-state index >= 15 is 0 Å². The van der Waals surface area contributed by atoms with Gasteiger partial charge in [-0.3, -0.25) is 19.7 Å². The standard InChI is InChI=1S/C28H21Cl2N5O4S/c1-16-25(27(37)33-18-12-10-17(29)11-13-18)26(19-6-2-3-7-21(19)30)20(14-31)28(32-16)40-15-24(36)34-22-8-4-5-9-23(22)35(38)39/h2-13,26,32H,15H2,1H3,(H,33,37)(H,34,36)/t26-/m0/s1. The van der Waals surface area contributed by atoms with E-state index in [2.05, 4.69) is 22.0 Å². The Morgan fingerprint density at radius 2 is 1.73 bits per heavy atom. The molecule has 0 aliphatic carbocycles. The van der Waals surface area contributed by atoms with Gasteiger partial charge in [-0.25, -0.2) is 0 Å². The zero-order chi connectivity index (χ0) is 28.8. The van der Waals surface area contributed by atoms with Gasteiger partial charge in [-0.15, -0.1) is 0 Å². The molecule has 202 valence electrons. The molecule has 0 bridgehead atoms. The summed E-state index contributed by atoms with van der Waals surface area (Å²) in [7, 11) is 0. The number of dihydropyridines is 1. The van der Waals surface area contributed by atoms with E-state index in [9.17, 15) is 25.0 Å². The van der Waals surface area contributed by atoms with Crippen molar-refractivity contribution >= 4 is 63.8 Å². The molecule has 2 amide bonds. The molecule has 1 heterocycles. The van der Waals surface area contributed by atoms with Crippen LogP contribution in [0.2, 0.25) is 10.0 Å². The van der Waals surface area contributed by atoms with Crippen LogP contribution in [-0.4, -0.2) is 22.5 Å². The Labute approximate surface area is 244 Å². The summed E-state index contributed by atoms with van der Waals surface area (Å²) in [6.07, 6.45) is 0. The minimum Gasteiger partial charge on any atom is -0.353 e. The number of nitrogens with zero attached hydrogens (tertiary/aromatic N) is 2. The first-order valence-electron chi connectivity index (χ1n) is 11.8. The molecule has 0 saturated heterocycles. The number of halogens is 2. The smallest absolute Gasteiger partial charge is 0.292 e. The third-order valence-electron chi connectivity index (χ3n) is 5.93. The third-order valence-corrected chi connectivity index (χ3v) is 7.55. The van der Waals surface area contributed by atoms with E-state index in [4.69, 9.17) is 23.2 Å². The zero-order valence-electron chi connectivity index (χ0n) is 20.9. The number of allylic oxidation sites excluding steroid dienone is 2. The summed E-state index contributed by atoms with van der Waals surface area (Å²) in [5, 5.41) is 31.3. The van der Waals surface area contributed by atoms with Crippen LogP contribution in [0.25, 0.3) is 0 Å². The average molecular weight is 594 g/mol. The number of rotatable bonds is 8. The lowest BCUT2D eigenvalue weighted by molar-refractivity contribution is -0.383. The Bertz CT molecular complexity index is 1600. The van der Waals surface area contributed by atoms with Crippen LogP contribution in [-0.2, 0) is 9.59 Å². The lowest BCUT2D eigenvalue weighted by Crippen LogP contribution is -2.31. The quantitative estimate of drug-likeness (QED) is 0.197. The second kappa shape index (κ2) is 12.7. The lowest BCUT2D eigenvalue weighted by Gasteiger charge is -2.30. The highest BCUT2D eigenvalue weighted by molar-refractivity contribution is 8.03. The van der Waals surface area contributed by atoms with E-state index in [0.29, 0.717) is 32.0 Å². The van der Waals surface area contributed by atoms with Crippen LogP contribution in [0.15, 0.2) is 94.7 Å². The van der Waals surface area contributed by atoms with Gasteiger partial charge in [0.25, 0.3) is 11.6 Å². The normalized spacial score (nSPS) is 14.7. The monoisotopic (exact) mass is 593 g/mol. The fourth-order valence-corrected chi connectivity index (χ4v) is 5.40. The van der Waals surface area contributed by atoms with Crippen molar-refractivity contribution in [3.05, 3.63) is 120 Å². The summed E-state index contributed by atoms with van der Waals surface area (Å²) in [6.45, 7) is 1.70. The molecule has 12 heteroatoms. The Kier molecular flexibility index (Phi) is 9.11. The van der Waals surface area contributed by atoms with Crippen LogP contribution < -0.4 is 16.0 Å². The van der Waals surface area contributed by atoms with Crippen molar-refractivity contribution in [3.8, 4) is 6.07 Å². The zero-order valence-corrected chi connectivity index (χ0v) is 23.2. The van der Waals surface area contributed by atoms with Crippen molar-refractivity contribution in [2.75, 3.05) is 16.4 Å². The summed E-state index contributed by atoms with van der Waals surface area (Å²) in [4.78, 5) is 37.0. The van der Waals surface area contributed by atoms with Crippen molar-refractivity contribution in [2.45, 2.75) is 12.8 Å². The average Bonchev–Trinajstić information content (AvgIpc) is 2.93. The fraction of sp³-hybridized carbons (Fsp3) is 0.107. The predicted molar refractivity (Wildman–Crippen MR) is 157 cm³/mol. The third kappa shape index (κ3) is 6.46. The summed E-state index contributed by atoms with van der Waals surface area (Å²) < 4.78 is 0. The number of nitriles is 1. The molecular weight excluding hydrogens is 573 g/mol. The first-order valence-corrected chi connectivity index (χ1v) is 13.5. The lowest BCUT2D eigenvalue weighted by atomic mass is 9.82. The predicted octanol–water partition coefficient (Wildman–Crippen LogP) is 6.61. The maximum atomic E-state index is 13.5. The van der Waals surface area contributed by atoms with Gasteiger partial charge in [0.2, 0.25) is 5.91 Å². The topological polar surface area (TPSA) is 137 Å². The second-order valence-corrected chi connectivity index (χ2v) is 10.4.